The number of carboxylic acids is 1. The van der Waals surface area contributed by atoms with E-state index < -0.39 is 35.0 Å². The highest BCUT2D eigenvalue weighted by molar-refractivity contribution is 9.11. The van der Waals surface area contributed by atoms with E-state index in [1.165, 1.54) is 6.07 Å². The Bertz CT molecular complexity index is 1010. The van der Waals surface area contributed by atoms with Crippen molar-refractivity contribution in [3.8, 4) is 0 Å². The predicted octanol–water partition coefficient (Wildman–Crippen LogP) is 2.84. The second-order valence-corrected chi connectivity index (χ2v) is 8.89. The van der Waals surface area contributed by atoms with Gasteiger partial charge in [0.15, 0.2) is 0 Å². The molecular weight excluding hydrogens is 468 g/mol. The van der Waals surface area contributed by atoms with E-state index in [-0.39, 0.29) is 18.4 Å². The van der Waals surface area contributed by atoms with Gasteiger partial charge in [0.05, 0.1) is 11.1 Å². The summed E-state index contributed by atoms with van der Waals surface area (Å²) in [4.78, 5) is 49.1. The number of carbonyl (C=O) groups excluding carboxylic acids is 3. The zero-order chi connectivity index (χ0) is 22.8. The van der Waals surface area contributed by atoms with Gasteiger partial charge in [-0.2, -0.15) is 5.01 Å². The van der Waals surface area contributed by atoms with Gasteiger partial charge >= 0.3 is 18.0 Å². The number of hydrazine groups is 1. The summed E-state index contributed by atoms with van der Waals surface area (Å²) in [7, 11) is 0. The second-order valence-electron chi connectivity index (χ2n) is 7.97. The van der Waals surface area contributed by atoms with Crippen LogP contribution in [0.4, 0.5) is 9.59 Å². The lowest BCUT2D eigenvalue weighted by atomic mass is 9.91. The van der Waals surface area contributed by atoms with Crippen molar-refractivity contribution in [1.29, 1.82) is 0 Å². The zero-order valence-electron chi connectivity index (χ0n) is 17.1. The first-order valence-corrected chi connectivity index (χ1v) is 10.4. The molecule has 0 saturated carbocycles. The highest BCUT2D eigenvalue weighted by atomic mass is 79.9. The Kier molecular flexibility index (Phi) is 6.21. The molecule has 164 valence electrons. The lowest BCUT2D eigenvalue weighted by molar-refractivity contribution is -0.132. The van der Waals surface area contributed by atoms with Gasteiger partial charge in [0.1, 0.15) is 5.54 Å². The molecule has 4 N–H and O–H groups in total. The Morgan fingerprint density at radius 2 is 1.97 bits per heavy atom. The van der Waals surface area contributed by atoms with Gasteiger partial charge in [0, 0.05) is 4.48 Å². The molecule has 31 heavy (non-hydrogen) atoms. The molecule has 0 spiro atoms. The van der Waals surface area contributed by atoms with Gasteiger partial charge in [-0.15, -0.1) is 0 Å². The van der Waals surface area contributed by atoms with Crippen LogP contribution in [-0.4, -0.2) is 45.1 Å². The molecule has 0 radical (unpaired) electrons. The van der Waals surface area contributed by atoms with Crippen LogP contribution in [0.15, 0.2) is 47.0 Å². The number of hydrogen-bond acceptors (Lipinski definition) is 4. The SMILES string of the molecule is CC1(NC(=O)NN2C(=O)NC(C)(CCc3ccccc3C(=O)O)C2=O)C=CC(Br)=CC1. The number of carbonyl (C=O) groups is 4. The number of aromatic carboxylic acids is 1. The minimum Gasteiger partial charge on any atom is -0.478 e. The van der Waals surface area contributed by atoms with Crippen LogP contribution in [-0.2, 0) is 11.2 Å². The van der Waals surface area contributed by atoms with Crippen LogP contribution in [0.3, 0.4) is 0 Å². The Balaban J connectivity index is 1.64. The van der Waals surface area contributed by atoms with Crippen LogP contribution < -0.4 is 16.1 Å². The highest BCUT2D eigenvalue weighted by Gasteiger charge is 2.48. The molecule has 10 heteroatoms. The summed E-state index contributed by atoms with van der Waals surface area (Å²) < 4.78 is 0.904. The minimum atomic E-state index is -1.28. The van der Waals surface area contributed by atoms with Crippen LogP contribution in [0.5, 0.6) is 0 Å². The number of imide groups is 1. The third kappa shape index (κ3) is 4.96. The van der Waals surface area contributed by atoms with Gasteiger partial charge < -0.3 is 15.7 Å². The molecule has 2 aliphatic rings. The normalized spacial score (nSPS) is 25.1. The standard InChI is InChI=1S/C21H23BrN4O5/c1-20(10-8-14(22)9-11-20)23-18(30)25-26-17(29)21(2,24-19(26)31)12-7-13-5-3-4-6-15(13)16(27)28/h3-6,8-10H,7,11-12H2,1-2H3,(H,24,31)(H,27,28)(H2,23,25,30). The maximum absolute atomic E-state index is 12.9. The Hall–Kier alpha value is -3.14. The Labute approximate surface area is 187 Å². The van der Waals surface area contributed by atoms with Crippen LogP contribution in [0.25, 0.3) is 0 Å². The molecule has 1 aliphatic heterocycles. The smallest absolute Gasteiger partial charge is 0.344 e. The summed E-state index contributed by atoms with van der Waals surface area (Å²) >= 11 is 3.36. The zero-order valence-corrected chi connectivity index (χ0v) is 18.7. The summed E-state index contributed by atoms with van der Waals surface area (Å²) in [5.74, 6) is -1.68. The van der Waals surface area contributed by atoms with Crippen LogP contribution in [0, 0.1) is 0 Å². The number of urea groups is 2. The number of hydrogen-bond donors (Lipinski definition) is 4. The maximum Gasteiger partial charge on any atom is 0.344 e. The first-order valence-electron chi connectivity index (χ1n) is 9.65. The van der Waals surface area contributed by atoms with E-state index in [0.717, 1.165) is 4.48 Å². The molecule has 9 nitrogen and oxygen atoms in total. The quantitative estimate of drug-likeness (QED) is 0.455. The average molecular weight is 491 g/mol. The molecule has 1 aliphatic carbocycles. The molecule has 0 aromatic heterocycles. The fourth-order valence-corrected chi connectivity index (χ4v) is 3.77. The van der Waals surface area contributed by atoms with Crippen LogP contribution >= 0.6 is 15.9 Å². The largest absolute Gasteiger partial charge is 0.478 e. The molecule has 3 rings (SSSR count). The Morgan fingerprint density at radius 1 is 1.26 bits per heavy atom. The van der Waals surface area contributed by atoms with Crippen molar-refractivity contribution in [3.63, 3.8) is 0 Å². The summed E-state index contributed by atoms with van der Waals surface area (Å²) in [6.45, 7) is 3.36. The summed E-state index contributed by atoms with van der Waals surface area (Å²) in [6, 6.07) is 5.05. The number of benzene rings is 1. The van der Waals surface area contributed by atoms with Crippen LogP contribution in [0.1, 0.15) is 42.6 Å². The molecule has 0 bridgehead atoms. The second kappa shape index (κ2) is 8.54. The monoisotopic (exact) mass is 490 g/mol. The first kappa shape index (κ1) is 22.5. The molecule has 1 saturated heterocycles. The van der Waals surface area contributed by atoms with Gasteiger partial charge in [-0.1, -0.05) is 46.3 Å². The third-order valence-electron chi connectivity index (χ3n) is 5.35. The van der Waals surface area contributed by atoms with Crippen LogP contribution in [0.2, 0.25) is 0 Å². The van der Waals surface area contributed by atoms with Crippen molar-refractivity contribution in [2.45, 2.75) is 44.2 Å². The number of amides is 5. The summed E-state index contributed by atoms with van der Waals surface area (Å²) in [5.41, 5.74) is 1.06. The van der Waals surface area contributed by atoms with Crippen molar-refractivity contribution >= 4 is 39.9 Å². The van der Waals surface area contributed by atoms with Gasteiger partial charge in [0.2, 0.25) is 0 Å². The van der Waals surface area contributed by atoms with Crippen molar-refractivity contribution in [1.82, 2.24) is 21.1 Å². The lowest BCUT2D eigenvalue weighted by Crippen LogP contribution is -2.56. The van der Waals surface area contributed by atoms with E-state index in [9.17, 15) is 24.3 Å². The fourth-order valence-electron chi connectivity index (χ4n) is 3.48. The highest BCUT2D eigenvalue weighted by Crippen LogP contribution is 2.25. The van der Waals surface area contributed by atoms with Gasteiger partial charge in [-0.3, -0.25) is 4.79 Å². The molecule has 2 atom stereocenters. The van der Waals surface area contributed by atoms with E-state index in [1.807, 2.05) is 25.2 Å². The van der Waals surface area contributed by atoms with E-state index in [4.69, 9.17) is 0 Å². The number of aryl methyl sites for hydroxylation is 1. The fraction of sp³-hybridized carbons (Fsp3) is 0.333. The maximum atomic E-state index is 12.9. The van der Waals surface area contributed by atoms with E-state index >= 15 is 0 Å². The van der Waals surface area contributed by atoms with Crippen molar-refractivity contribution in [3.05, 3.63) is 58.1 Å². The lowest BCUT2D eigenvalue weighted by Gasteiger charge is -2.29. The molecule has 5 amide bonds. The van der Waals surface area contributed by atoms with Gasteiger partial charge in [0.25, 0.3) is 5.91 Å². The predicted molar refractivity (Wildman–Crippen MR) is 116 cm³/mol. The van der Waals surface area contributed by atoms with Gasteiger partial charge in [-0.05, 0) is 50.8 Å². The molecule has 1 aromatic rings. The number of nitrogens with one attached hydrogen (secondary N) is 3. The van der Waals surface area contributed by atoms with Crippen molar-refractivity contribution < 1.29 is 24.3 Å². The molecule has 1 fully saturated rings. The molecular formula is C21H23BrN4O5. The molecule has 2 unspecified atom stereocenters. The number of rotatable bonds is 6. The number of carboxylic acid groups (broad SMARTS) is 1. The molecule has 1 heterocycles. The summed E-state index contributed by atoms with van der Waals surface area (Å²) in [5, 5.41) is 15.3. The minimum absolute atomic E-state index is 0.145. The average Bonchev–Trinajstić information content (AvgIpc) is 2.92. The third-order valence-corrected chi connectivity index (χ3v) is 5.94. The first-order chi connectivity index (χ1) is 14.5. The van der Waals surface area contributed by atoms with Crippen molar-refractivity contribution in [2.75, 3.05) is 0 Å². The number of nitrogens with zero attached hydrogens (tertiary/aromatic N) is 1. The van der Waals surface area contributed by atoms with E-state index in [1.54, 1.807) is 25.1 Å². The van der Waals surface area contributed by atoms with Crippen molar-refractivity contribution in [2.24, 2.45) is 0 Å². The van der Waals surface area contributed by atoms with E-state index in [2.05, 4.69) is 32.0 Å². The van der Waals surface area contributed by atoms with Gasteiger partial charge in [-0.25, -0.2) is 19.8 Å². The summed E-state index contributed by atoms with van der Waals surface area (Å²) in [6.07, 6.45) is 6.49. The number of halogens is 1. The van der Waals surface area contributed by atoms with E-state index in [0.29, 0.717) is 17.0 Å². The topological polar surface area (TPSA) is 128 Å². The Morgan fingerprint density at radius 3 is 2.61 bits per heavy atom. The number of allylic oxidation sites excluding steroid dienone is 2. The molecule has 1 aromatic carbocycles.